The van der Waals surface area contributed by atoms with Crippen LogP contribution in [0, 0.1) is 0 Å². The van der Waals surface area contributed by atoms with E-state index in [9.17, 15) is 9.59 Å². The number of hydrogen-bond donors (Lipinski definition) is 0. The summed E-state index contributed by atoms with van der Waals surface area (Å²) >= 11 is 0. The van der Waals surface area contributed by atoms with E-state index in [0.717, 1.165) is 16.3 Å². The van der Waals surface area contributed by atoms with Crippen LogP contribution >= 0.6 is 0 Å². The molecule has 0 radical (unpaired) electrons. The highest BCUT2D eigenvalue weighted by Crippen LogP contribution is 2.25. The molecule has 20 heavy (non-hydrogen) atoms. The van der Waals surface area contributed by atoms with Gasteiger partial charge in [-0.3, -0.25) is 9.59 Å². The summed E-state index contributed by atoms with van der Waals surface area (Å²) in [6.07, 6.45) is 0.0987. The lowest BCUT2D eigenvalue weighted by Crippen LogP contribution is -2.16. The first-order valence-corrected chi connectivity index (χ1v) is 6.76. The molecule has 0 aliphatic rings. The van der Waals surface area contributed by atoms with Gasteiger partial charge in [0.25, 0.3) is 0 Å². The van der Waals surface area contributed by atoms with Gasteiger partial charge in [0, 0.05) is 0 Å². The third-order valence-electron chi connectivity index (χ3n) is 3.34. The van der Waals surface area contributed by atoms with Gasteiger partial charge in [0.05, 0.1) is 18.9 Å². The van der Waals surface area contributed by atoms with Gasteiger partial charge in [-0.2, -0.15) is 0 Å². The normalized spacial score (nSPS) is 12.1. The standard InChI is InChI=1S/C17H18O3/c1-3-20-17(19)11-16(12(2)18)15-9-8-13-6-4-5-7-14(13)10-15/h4-10,16H,3,11H2,1-2H3. The van der Waals surface area contributed by atoms with E-state index in [-0.39, 0.29) is 18.2 Å². The lowest BCUT2D eigenvalue weighted by Gasteiger charge is -2.14. The van der Waals surface area contributed by atoms with Crippen molar-refractivity contribution < 1.29 is 14.3 Å². The predicted molar refractivity (Wildman–Crippen MR) is 78.6 cm³/mol. The molecular formula is C17H18O3. The van der Waals surface area contributed by atoms with Crippen molar-refractivity contribution in [2.24, 2.45) is 0 Å². The van der Waals surface area contributed by atoms with Gasteiger partial charge in [-0.1, -0.05) is 42.5 Å². The minimum atomic E-state index is -0.432. The number of carbonyl (C=O) groups is 2. The summed E-state index contributed by atoms with van der Waals surface area (Å²) in [5.41, 5.74) is 0.865. The van der Waals surface area contributed by atoms with Crippen molar-refractivity contribution in [3.05, 3.63) is 48.0 Å². The quantitative estimate of drug-likeness (QED) is 0.781. The summed E-state index contributed by atoms with van der Waals surface area (Å²) < 4.78 is 4.94. The van der Waals surface area contributed by atoms with Gasteiger partial charge in [-0.05, 0) is 30.2 Å². The third kappa shape index (κ3) is 3.23. The van der Waals surface area contributed by atoms with Crippen molar-refractivity contribution in [3.63, 3.8) is 0 Å². The Hall–Kier alpha value is -2.16. The van der Waals surface area contributed by atoms with E-state index in [0.29, 0.717) is 6.61 Å². The fourth-order valence-corrected chi connectivity index (χ4v) is 2.31. The largest absolute Gasteiger partial charge is 0.466 e. The first-order valence-electron chi connectivity index (χ1n) is 6.76. The Balaban J connectivity index is 2.31. The molecule has 1 unspecified atom stereocenters. The molecule has 0 spiro atoms. The van der Waals surface area contributed by atoms with Gasteiger partial charge in [-0.15, -0.1) is 0 Å². The summed E-state index contributed by atoms with van der Waals surface area (Å²) in [5, 5.41) is 2.19. The van der Waals surface area contributed by atoms with Crippen LogP contribution in [0.15, 0.2) is 42.5 Å². The molecule has 3 nitrogen and oxygen atoms in total. The molecule has 0 aliphatic carbocycles. The minimum absolute atomic E-state index is 0.0201. The van der Waals surface area contributed by atoms with Gasteiger partial charge >= 0.3 is 5.97 Å². The summed E-state index contributed by atoms with van der Waals surface area (Å²) in [5.74, 6) is -0.784. The molecule has 0 bridgehead atoms. The van der Waals surface area contributed by atoms with Crippen LogP contribution in [0.2, 0.25) is 0 Å². The zero-order valence-electron chi connectivity index (χ0n) is 11.8. The number of benzene rings is 2. The van der Waals surface area contributed by atoms with Gasteiger partial charge in [0.15, 0.2) is 0 Å². The summed E-state index contributed by atoms with van der Waals surface area (Å²) in [4.78, 5) is 23.4. The second-order valence-corrected chi connectivity index (χ2v) is 4.78. The Morgan fingerprint density at radius 2 is 1.80 bits per heavy atom. The van der Waals surface area contributed by atoms with Crippen LogP contribution in [0.4, 0.5) is 0 Å². The first kappa shape index (κ1) is 14.3. The lowest BCUT2D eigenvalue weighted by atomic mass is 9.90. The van der Waals surface area contributed by atoms with E-state index in [1.54, 1.807) is 6.92 Å². The van der Waals surface area contributed by atoms with Crippen molar-refractivity contribution in [2.45, 2.75) is 26.2 Å². The predicted octanol–water partition coefficient (Wildman–Crippen LogP) is 3.47. The smallest absolute Gasteiger partial charge is 0.306 e. The van der Waals surface area contributed by atoms with Gasteiger partial charge < -0.3 is 4.74 Å². The lowest BCUT2D eigenvalue weighted by molar-refractivity contribution is -0.144. The highest BCUT2D eigenvalue weighted by molar-refractivity contribution is 5.90. The van der Waals surface area contributed by atoms with Crippen molar-refractivity contribution in [3.8, 4) is 0 Å². The van der Waals surface area contributed by atoms with E-state index in [1.165, 1.54) is 6.92 Å². The number of fused-ring (bicyclic) bond motifs is 1. The van der Waals surface area contributed by atoms with Crippen molar-refractivity contribution in [2.75, 3.05) is 6.61 Å². The molecule has 0 N–H and O–H groups in total. The molecule has 1 atom stereocenters. The molecule has 104 valence electrons. The number of Topliss-reactive ketones (excluding diaryl/α,β-unsaturated/α-hetero) is 1. The zero-order valence-corrected chi connectivity index (χ0v) is 11.8. The van der Waals surface area contributed by atoms with Crippen LogP contribution in [-0.2, 0) is 14.3 Å². The Bertz CT molecular complexity index is 631. The third-order valence-corrected chi connectivity index (χ3v) is 3.34. The topological polar surface area (TPSA) is 43.4 Å². The van der Waals surface area contributed by atoms with Gasteiger partial charge in [0.2, 0.25) is 0 Å². The maximum Gasteiger partial charge on any atom is 0.306 e. The maximum absolute atomic E-state index is 11.8. The Kier molecular flexibility index (Phi) is 4.51. The summed E-state index contributed by atoms with van der Waals surface area (Å²) in [6.45, 7) is 3.61. The maximum atomic E-state index is 11.8. The Morgan fingerprint density at radius 1 is 1.10 bits per heavy atom. The molecule has 0 fully saturated rings. The van der Waals surface area contributed by atoms with E-state index >= 15 is 0 Å². The SMILES string of the molecule is CCOC(=O)CC(C(C)=O)c1ccc2ccccc2c1. The second-order valence-electron chi connectivity index (χ2n) is 4.78. The average molecular weight is 270 g/mol. The second kappa shape index (κ2) is 6.33. The molecule has 0 aliphatic heterocycles. The van der Waals surface area contributed by atoms with Gasteiger partial charge in [0.1, 0.15) is 5.78 Å². The number of rotatable bonds is 5. The average Bonchev–Trinajstić information content (AvgIpc) is 2.44. The first-order chi connectivity index (χ1) is 9.61. The Morgan fingerprint density at radius 3 is 2.45 bits per heavy atom. The monoisotopic (exact) mass is 270 g/mol. The molecule has 2 aromatic carbocycles. The number of esters is 1. The van der Waals surface area contributed by atoms with E-state index in [2.05, 4.69) is 0 Å². The molecule has 0 aromatic heterocycles. The van der Waals surface area contributed by atoms with E-state index < -0.39 is 5.92 Å². The zero-order chi connectivity index (χ0) is 14.5. The highest BCUT2D eigenvalue weighted by atomic mass is 16.5. The van der Waals surface area contributed by atoms with E-state index in [4.69, 9.17) is 4.74 Å². The molecular weight excluding hydrogens is 252 g/mol. The number of carbonyl (C=O) groups excluding carboxylic acids is 2. The van der Waals surface area contributed by atoms with Crippen LogP contribution in [0.3, 0.4) is 0 Å². The molecule has 0 saturated heterocycles. The minimum Gasteiger partial charge on any atom is -0.466 e. The van der Waals surface area contributed by atoms with Gasteiger partial charge in [-0.25, -0.2) is 0 Å². The molecule has 2 rings (SSSR count). The summed E-state index contributed by atoms with van der Waals surface area (Å²) in [7, 11) is 0. The summed E-state index contributed by atoms with van der Waals surface area (Å²) in [6, 6.07) is 13.8. The molecule has 3 heteroatoms. The van der Waals surface area contributed by atoms with E-state index in [1.807, 2.05) is 42.5 Å². The highest BCUT2D eigenvalue weighted by Gasteiger charge is 2.21. The molecule has 0 amide bonds. The van der Waals surface area contributed by atoms with Crippen molar-refractivity contribution >= 4 is 22.5 Å². The van der Waals surface area contributed by atoms with Crippen LogP contribution in [-0.4, -0.2) is 18.4 Å². The van der Waals surface area contributed by atoms with Crippen molar-refractivity contribution in [1.29, 1.82) is 0 Å². The van der Waals surface area contributed by atoms with Crippen LogP contribution in [0.25, 0.3) is 10.8 Å². The number of ether oxygens (including phenoxy) is 1. The molecule has 0 saturated carbocycles. The number of ketones is 1. The van der Waals surface area contributed by atoms with Crippen LogP contribution in [0.5, 0.6) is 0 Å². The Labute approximate surface area is 118 Å². The fraction of sp³-hybridized carbons (Fsp3) is 0.294. The van der Waals surface area contributed by atoms with Crippen LogP contribution < -0.4 is 0 Å². The van der Waals surface area contributed by atoms with Crippen molar-refractivity contribution in [1.82, 2.24) is 0 Å². The molecule has 2 aromatic rings. The molecule has 0 heterocycles. The van der Waals surface area contributed by atoms with Crippen LogP contribution in [0.1, 0.15) is 31.7 Å². The number of hydrogen-bond acceptors (Lipinski definition) is 3. The fourth-order valence-electron chi connectivity index (χ4n) is 2.31.